The molecule has 2 aliphatic heterocycles. The second-order valence-electron chi connectivity index (χ2n) is 10.5. The molecule has 0 N–H and O–H groups in total. The van der Waals surface area contributed by atoms with Crippen molar-refractivity contribution in [3.05, 3.63) is 59.1 Å². The van der Waals surface area contributed by atoms with E-state index in [1.54, 1.807) is 16.8 Å². The molecule has 8 nitrogen and oxygen atoms in total. The number of hydrogen-bond acceptors (Lipinski definition) is 5. The maximum absolute atomic E-state index is 12.8. The molecule has 0 aliphatic carbocycles. The van der Waals surface area contributed by atoms with Crippen molar-refractivity contribution in [1.82, 2.24) is 14.8 Å². The molecule has 2 saturated heterocycles. The van der Waals surface area contributed by atoms with Crippen LogP contribution in [0.4, 0.5) is 17.3 Å². The van der Waals surface area contributed by atoms with Crippen molar-refractivity contribution in [2.75, 3.05) is 49.6 Å². The van der Waals surface area contributed by atoms with E-state index in [4.69, 9.17) is 21.6 Å². The van der Waals surface area contributed by atoms with E-state index in [9.17, 15) is 9.59 Å². The average Bonchev–Trinajstić information content (AvgIpc) is 2.95. The van der Waals surface area contributed by atoms with Crippen molar-refractivity contribution in [3.63, 3.8) is 0 Å². The molecule has 0 bridgehead atoms. The standard InChI is InChI=1S/C30H39ClN6O2/c1-6-27(39)35-16-17-36(22(4)19-35)28(32-5)24-18-25(31)30(34-14-10-7-11-15-34)33-29(24)37(20-38)26-13-9-8-12-23(26)21(2)3/h6,8-9,12-13,18,20-22H,1,7,10-11,14-17,19H2,2-5H3. The van der Waals surface area contributed by atoms with Gasteiger partial charge in [0.25, 0.3) is 0 Å². The maximum Gasteiger partial charge on any atom is 0.246 e. The summed E-state index contributed by atoms with van der Waals surface area (Å²) in [6.07, 6.45) is 5.53. The SMILES string of the molecule is C=CC(=O)N1CCN(C(=NC)c2cc(Cl)c(N3CCCCC3)nc2N(C=O)c2ccccc2C(C)C)C(C)C1. The van der Waals surface area contributed by atoms with Crippen LogP contribution in [-0.4, -0.2) is 78.7 Å². The number of aromatic nitrogens is 1. The lowest BCUT2D eigenvalue weighted by Crippen LogP contribution is -2.55. The molecule has 1 aromatic carbocycles. The average molecular weight is 551 g/mol. The molecule has 1 aromatic heterocycles. The van der Waals surface area contributed by atoms with Crippen molar-refractivity contribution in [2.24, 2.45) is 4.99 Å². The van der Waals surface area contributed by atoms with Gasteiger partial charge in [0, 0.05) is 45.8 Å². The van der Waals surface area contributed by atoms with Crippen LogP contribution >= 0.6 is 11.6 Å². The lowest BCUT2D eigenvalue weighted by atomic mass is 10.00. The molecule has 2 aromatic rings. The van der Waals surface area contributed by atoms with E-state index in [0.29, 0.717) is 47.7 Å². The minimum absolute atomic E-state index is 0.0117. The highest BCUT2D eigenvalue weighted by Gasteiger charge is 2.32. The minimum atomic E-state index is -0.0785. The summed E-state index contributed by atoms with van der Waals surface area (Å²) in [6.45, 7) is 13.3. The predicted octanol–water partition coefficient (Wildman–Crippen LogP) is 5.24. The Morgan fingerprint density at radius 2 is 1.90 bits per heavy atom. The van der Waals surface area contributed by atoms with Crippen LogP contribution in [0.1, 0.15) is 57.1 Å². The van der Waals surface area contributed by atoms with Gasteiger partial charge < -0.3 is 14.7 Å². The summed E-state index contributed by atoms with van der Waals surface area (Å²) in [5.41, 5.74) is 2.52. The summed E-state index contributed by atoms with van der Waals surface area (Å²) in [4.78, 5) is 42.7. The fourth-order valence-corrected chi connectivity index (χ4v) is 5.84. The van der Waals surface area contributed by atoms with Gasteiger partial charge in [0.2, 0.25) is 12.3 Å². The topological polar surface area (TPSA) is 72.4 Å². The molecule has 2 amide bonds. The summed E-state index contributed by atoms with van der Waals surface area (Å²) < 4.78 is 0. The van der Waals surface area contributed by atoms with Crippen LogP contribution < -0.4 is 9.80 Å². The van der Waals surface area contributed by atoms with Gasteiger partial charge in [-0.15, -0.1) is 0 Å². The van der Waals surface area contributed by atoms with Crippen LogP contribution in [0.15, 0.2) is 48.0 Å². The molecule has 39 heavy (non-hydrogen) atoms. The summed E-state index contributed by atoms with van der Waals surface area (Å²) in [6, 6.07) is 9.81. The number of rotatable bonds is 7. The quantitative estimate of drug-likeness (QED) is 0.204. The van der Waals surface area contributed by atoms with Crippen molar-refractivity contribution in [2.45, 2.75) is 52.0 Å². The summed E-state index contributed by atoms with van der Waals surface area (Å²) >= 11 is 6.92. The number of benzene rings is 1. The van der Waals surface area contributed by atoms with Gasteiger partial charge >= 0.3 is 0 Å². The van der Waals surface area contributed by atoms with Crippen molar-refractivity contribution >= 4 is 47.1 Å². The van der Waals surface area contributed by atoms with E-state index >= 15 is 0 Å². The third-order valence-electron chi connectivity index (χ3n) is 7.58. The van der Waals surface area contributed by atoms with Gasteiger partial charge in [-0.3, -0.25) is 19.5 Å². The number of amides is 2. The van der Waals surface area contributed by atoms with Crippen molar-refractivity contribution in [1.29, 1.82) is 0 Å². The third-order valence-corrected chi connectivity index (χ3v) is 7.86. The Kier molecular flexibility index (Phi) is 9.28. The molecule has 4 rings (SSSR count). The maximum atomic E-state index is 12.8. The van der Waals surface area contributed by atoms with Gasteiger partial charge in [-0.2, -0.15) is 0 Å². The summed E-state index contributed by atoms with van der Waals surface area (Å²) in [5.74, 6) is 2.01. The number of piperazine rings is 1. The summed E-state index contributed by atoms with van der Waals surface area (Å²) in [5, 5.41) is 0.535. The van der Waals surface area contributed by atoms with Gasteiger partial charge in [0.15, 0.2) is 5.82 Å². The molecule has 208 valence electrons. The highest BCUT2D eigenvalue weighted by molar-refractivity contribution is 6.33. The van der Waals surface area contributed by atoms with Gasteiger partial charge in [-0.25, -0.2) is 4.98 Å². The van der Waals surface area contributed by atoms with Gasteiger partial charge in [-0.1, -0.05) is 50.2 Å². The number of halogens is 1. The van der Waals surface area contributed by atoms with E-state index in [1.165, 1.54) is 12.5 Å². The molecule has 2 fully saturated rings. The third kappa shape index (κ3) is 5.96. The monoisotopic (exact) mass is 550 g/mol. The highest BCUT2D eigenvalue weighted by atomic mass is 35.5. The highest BCUT2D eigenvalue weighted by Crippen LogP contribution is 2.38. The largest absolute Gasteiger partial charge is 0.355 e. The Hall–Kier alpha value is -3.39. The Labute approximate surface area is 237 Å². The number of nitrogens with zero attached hydrogens (tertiary/aromatic N) is 6. The first kappa shape index (κ1) is 28.6. The molecule has 9 heteroatoms. The number of amidine groups is 1. The zero-order valence-corrected chi connectivity index (χ0v) is 24.2. The molecular formula is C30H39ClN6O2. The number of para-hydroxylation sites is 1. The molecule has 1 atom stereocenters. The molecule has 0 spiro atoms. The number of hydrogen-bond donors (Lipinski definition) is 0. The fourth-order valence-electron chi connectivity index (χ4n) is 5.57. The normalized spacial score (nSPS) is 18.4. The first-order valence-electron chi connectivity index (χ1n) is 13.7. The Morgan fingerprint density at radius 1 is 1.18 bits per heavy atom. The van der Waals surface area contributed by atoms with Crippen LogP contribution in [0, 0.1) is 0 Å². The second kappa shape index (κ2) is 12.6. The van der Waals surface area contributed by atoms with E-state index in [1.807, 2.05) is 30.3 Å². The number of aliphatic imine (C=N–C) groups is 1. The van der Waals surface area contributed by atoms with Crippen molar-refractivity contribution < 1.29 is 9.59 Å². The van der Waals surface area contributed by atoms with Gasteiger partial charge in [0.05, 0.1) is 16.3 Å². The lowest BCUT2D eigenvalue weighted by Gasteiger charge is -2.42. The molecule has 1 unspecified atom stereocenters. The lowest BCUT2D eigenvalue weighted by molar-refractivity contribution is -0.128. The predicted molar refractivity (Wildman–Crippen MR) is 159 cm³/mol. The van der Waals surface area contributed by atoms with Crippen molar-refractivity contribution in [3.8, 4) is 0 Å². The van der Waals surface area contributed by atoms with Crippen LogP contribution in [0.25, 0.3) is 0 Å². The van der Waals surface area contributed by atoms with Crippen LogP contribution in [0.3, 0.4) is 0 Å². The van der Waals surface area contributed by atoms with Gasteiger partial charge in [-0.05, 0) is 55.9 Å². The Balaban J connectivity index is 1.85. The number of carbonyl (C=O) groups excluding carboxylic acids is 2. The van der Waals surface area contributed by atoms with E-state index in [2.05, 4.69) is 37.1 Å². The van der Waals surface area contributed by atoms with Crippen LogP contribution in [0.5, 0.6) is 0 Å². The van der Waals surface area contributed by atoms with E-state index in [0.717, 1.165) is 43.6 Å². The number of carbonyl (C=O) groups is 2. The molecular weight excluding hydrogens is 512 g/mol. The van der Waals surface area contributed by atoms with Gasteiger partial charge in [0.1, 0.15) is 11.7 Å². The first-order valence-corrected chi connectivity index (χ1v) is 14.1. The number of anilines is 3. The summed E-state index contributed by atoms with van der Waals surface area (Å²) in [7, 11) is 1.74. The molecule has 3 heterocycles. The number of piperidine rings is 1. The zero-order valence-electron chi connectivity index (χ0n) is 23.4. The van der Waals surface area contributed by atoms with E-state index < -0.39 is 0 Å². The first-order chi connectivity index (χ1) is 18.8. The van der Waals surface area contributed by atoms with E-state index in [-0.39, 0.29) is 17.9 Å². The second-order valence-corrected chi connectivity index (χ2v) is 10.9. The zero-order chi connectivity index (χ0) is 28.1. The van der Waals surface area contributed by atoms with Crippen LogP contribution in [-0.2, 0) is 9.59 Å². The van der Waals surface area contributed by atoms with Crippen LogP contribution in [0.2, 0.25) is 5.02 Å². The molecule has 2 aliphatic rings. The fraction of sp³-hybridized carbons (Fsp3) is 0.467. The molecule has 0 saturated carbocycles. The smallest absolute Gasteiger partial charge is 0.246 e. The Bertz CT molecular complexity index is 1240. The Morgan fingerprint density at radius 3 is 2.51 bits per heavy atom. The number of pyridine rings is 1. The molecule has 0 radical (unpaired) electrons. The minimum Gasteiger partial charge on any atom is -0.355 e.